The maximum atomic E-state index is 12.1. The van der Waals surface area contributed by atoms with Crippen molar-refractivity contribution < 1.29 is 9.53 Å². The number of carbonyl (C=O) groups excluding carboxylic acids is 1. The minimum Gasteiger partial charge on any atom is -0.444 e. The molecule has 0 aliphatic heterocycles. The standard InChI is InChI=1S/C28H33ClN8O2/c1-28(2,3)39-27(38)35-20-10-8-19(9-11-20)34-24-25-32-17-23(37(25)15-14-30-24)22-12-13-31-26(36-22)33-16-18-6-4-5-7-21(18)29/h4-7,12-15,17,19-20H,8-11,16H2,1-3H3,(H,30,34)(H,35,38)(H,31,33,36)/t19-,20-. The summed E-state index contributed by atoms with van der Waals surface area (Å²) in [4.78, 5) is 30.4. The molecule has 11 heteroatoms. The van der Waals surface area contributed by atoms with Crippen molar-refractivity contribution in [2.45, 2.75) is 70.7 Å². The van der Waals surface area contributed by atoms with Gasteiger partial charge in [-0.05, 0) is 64.2 Å². The third-order valence-corrected chi connectivity index (χ3v) is 6.90. The van der Waals surface area contributed by atoms with Crippen molar-refractivity contribution in [3.63, 3.8) is 0 Å². The van der Waals surface area contributed by atoms with E-state index in [2.05, 4.69) is 30.9 Å². The Morgan fingerprint density at radius 1 is 1.05 bits per heavy atom. The Bertz CT molecular complexity index is 1440. The summed E-state index contributed by atoms with van der Waals surface area (Å²) < 4.78 is 7.37. The number of rotatable bonds is 7. The summed E-state index contributed by atoms with van der Waals surface area (Å²) in [5, 5.41) is 10.5. The number of alkyl carbamates (subject to hydrolysis) is 1. The van der Waals surface area contributed by atoms with Crippen molar-refractivity contribution in [2.24, 2.45) is 0 Å². The first-order valence-corrected chi connectivity index (χ1v) is 13.5. The van der Waals surface area contributed by atoms with Crippen molar-refractivity contribution in [1.29, 1.82) is 0 Å². The zero-order chi connectivity index (χ0) is 27.4. The van der Waals surface area contributed by atoms with Gasteiger partial charge in [0.05, 0.1) is 17.6 Å². The number of amides is 1. The highest BCUT2D eigenvalue weighted by Gasteiger charge is 2.25. The van der Waals surface area contributed by atoms with Crippen LogP contribution in [0.15, 0.2) is 55.1 Å². The number of ether oxygens (including phenoxy) is 1. The minimum absolute atomic E-state index is 0.109. The number of nitrogens with one attached hydrogen (secondary N) is 3. The van der Waals surface area contributed by atoms with E-state index in [1.807, 2.05) is 61.7 Å². The zero-order valence-electron chi connectivity index (χ0n) is 22.3. The second-order valence-electron chi connectivity index (χ2n) is 10.7. The molecule has 0 saturated heterocycles. The first kappa shape index (κ1) is 26.7. The fourth-order valence-corrected chi connectivity index (χ4v) is 4.87. The van der Waals surface area contributed by atoms with Gasteiger partial charge >= 0.3 is 6.09 Å². The van der Waals surface area contributed by atoms with Crippen LogP contribution in [-0.2, 0) is 11.3 Å². The Morgan fingerprint density at radius 2 is 1.82 bits per heavy atom. The van der Waals surface area contributed by atoms with E-state index in [-0.39, 0.29) is 18.2 Å². The molecule has 39 heavy (non-hydrogen) atoms. The number of carbonyl (C=O) groups is 1. The van der Waals surface area contributed by atoms with Crippen LogP contribution in [0.4, 0.5) is 16.6 Å². The van der Waals surface area contributed by atoms with Gasteiger partial charge in [0, 0.05) is 42.2 Å². The smallest absolute Gasteiger partial charge is 0.407 e. The summed E-state index contributed by atoms with van der Waals surface area (Å²) in [6.07, 6.45) is 10.3. The number of benzene rings is 1. The van der Waals surface area contributed by atoms with E-state index in [4.69, 9.17) is 21.3 Å². The molecule has 0 radical (unpaired) electrons. The highest BCUT2D eigenvalue weighted by molar-refractivity contribution is 6.31. The number of nitrogens with zero attached hydrogens (tertiary/aromatic N) is 5. The van der Waals surface area contributed by atoms with Gasteiger partial charge in [-0.15, -0.1) is 0 Å². The molecule has 1 saturated carbocycles. The third-order valence-electron chi connectivity index (χ3n) is 6.53. The predicted molar refractivity (Wildman–Crippen MR) is 152 cm³/mol. The molecular weight excluding hydrogens is 516 g/mol. The fourth-order valence-electron chi connectivity index (χ4n) is 4.66. The molecule has 3 heterocycles. The number of halogens is 1. The number of fused-ring (bicyclic) bond motifs is 1. The average molecular weight is 549 g/mol. The maximum Gasteiger partial charge on any atom is 0.407 e. The molecule has 10 nitrogen and oxygen atoms in total. The number of aromatic nitrogens is 5. The van der Waals surface area contributed by atoms with E-state index in [9.17, 15) is 4.79 Å². The largest absolute Gasteiger partial charge is 0.444 e. The van der Waals surface area contributed by atoms with Gasteiger partial charge in [0.25, 0.3) is 0 Å². The molecule has 5 rings (SSSR count). The SMILES string of the molecule is CC(C)(C)OC(=O)N[C@H]1CC[C@H](Nc2nccn3c(-c4ccnc(NCc5ccccc5Cl)n4)cnc23)CC1. The van der Waals surface area contributed by atoms with Gasteiger partial charge < -0.3 is 20.7 Å². The Morgan fingerprint density at radius 3 is 2.59 bits per heavy atom. The van der Waals surface area contributed by atoms with Crippen LogP contribution in [0, 0.1) is 0 Å². The number of anilines is 2. The fraction of sp³-hybridized carbons (Fsp3) is 0.393. The first-order chi connectivity index (χ1) is 18.7. The molecule has 1 aliphatic carbocycles. The third kappa shape index (κ3) is 6.75. The van der Waals surface area contributed by atoms with Gasteiger partial charge in [0.15, 0.2) is 11.5 Å². The van der Waals surface area contributed by atoms with E-state index < -0.39 is 5.60 Å². The number of hydrogen-bond acceptors (Lipinski definition) is 8. The van der Waals surface area contributed by atoms with E-state index in [0.717, 1.165) is 54.1 Å². The van der Waals surface area contributed by atoms with Crippen molar-refractivity contribution in [3.05, 3.63) is 65.7 Å². The molecule has 1 fully saturated rings. The van der Waals surface area contributed by atoms with Crippen LogP contribution >= 0.6 is 11.6 Å². The monoisotopic (exact) mass is 548 g/mol. The molecule has 204 valence electrons. The highest BCUT2D eigenvalue weighted by Crippen LogP contribution is 2.26. The summed E-state index contributed by atoms with van der Waals surface area (Å²) in [6, 6.07) is 9.89. The van der Waals surface area contributed by atoms with Crippen LogP contribution in [-0.4, -0.2) is 48.1 Å². The Hall–Kier alpha value is -3.92. The minimum atomic E-state index is -0.503. The molecule has 0 atom stereocenters. The van der Waals surface area contributed by atoms with Gasteiger partial charge in [-0.25, -0.2) is 24.7 Å². The van der Waals surface area contributed by atoms with Crippen LogP contribution in [0.3, 0.4) is 0 Å². The zero-order valence-corrected chi connectivity index (χ0v) is 23.1. The molecule has 0 spiro atoms. The van der Waals surface area contributed by atoms with Crippen molar-refractivity contribution in [3.8, 4) is 11.4 Å². The summed E-state index contributed by atoms with van der Waals surface area (Å²) in [5.74, 6) is 1.23. The molecule has 1 aromatic carbocycles. The second kappa shape index (κ2) is 11.4. The molecule has 1 aliphatic rings. The van der Waals surface area contributed by atoms with Gasteiger partial charge in [0.1, 0.15) is 5.60 Å². The highest BCUT2D eigenvalue weighted by atomic mass is 35.5. The molecule has 0 unspecified atom stereocenters. The molecular formula is C28H33ClN8O2. The lowest BCUT2D eigenvalue weighted by Crippen LogP contribution is -2.42. The molecule has 3 N–H and O–H groups in total. The van der Waals surface area contributed by atoms with Crippen LogP contribution in [0.5, 0.6) is 0 Å². The normalized spacial score (nSPS) is 17.5. The molecule has 0 bridgehead atoms. The van der Waals surface area contributed by atoms with Gasteiger partial charge in [-0.3, -0.25) is 4.40 Å². The van der Waals surface area contributed by atoms with Crippen molar-refractivity contribution in [1.82, 2.24) is 29.7 Å². The lowest BCUT2D eigenvalue weighted by Gasteiger charge is -2.30. The van der Waals surface area contributed by atoms with Crippen LogP contribution in [0.2, 0.25) is 5.02 Å². The van der Waals surface area contributed by atoms with E-state index in [1.165, 1.54) is 0 Å². The van der Waals surface area contributed by atoms with Crippen molar-refractivity contribution in [2.75, 3.05) is 10.6 Å². The lowest BCUT2D eigenvalue weighted by atomic mass is 9.91. The quantitative estimate of drug-likeness (QED) is 0.269. The van der Waals surface area contributed by atoms with Gasteiger partial charge in [0.2, 0.25) is 5.95 Å². The number of imidazole rings is 1. The summed E-state index contributed by atoms with van der Waals surface area (Å²) >= 11 is 6.27. The topological polar surface area (TPSA) is 118 Å². The first-order valence-electron chi connectivity index (χ1n) is 13.1. The Labute approximate surface area is 232 Å². The van der Waals surface area contributed by atoms with Crippen LogP contribution in [0.25, 0.3) is 17.0 Å². The average Bonchev–Trinajstić information content (AvgIpc) is 3.34. The lowest BCUT2D eigenvalue weighted by molar-refractivity contribution is 0.0492. The van der Waals surface area contributed by atoms with Crippen LogP contribution < -0.4 is 16.0 Å². The predicted octanol–water partition coefficient (Wildman–Crippen LogP) is 5.70. The van der Waals surface area contributed by atoms with Gasteiger partial charge in [-0.2, -0.15) is 0 Å². The van der Waals surface area contributed by atoms with Gasteiger partial charge in [-0.1, -0.05) is 29.8 Å². The molecule has 1 amide bonds. The summed E-state index contributed by atoms with van der Waals surface area (Å²) in [7, 11) is 0. The molecule has 3 aromatic heterocycles. The Balaban J connectivity index is 1.23. The van der Waals surface area contributed by atoms with E-state index in [1.54, 1.807) is 18.6 Å². The van der Waals surface area contributed by atoms with E-state index in [0.29, 0.717) is 17.5 Å². The molecule has 4 aromatic rings. The Kier molecular flexibility index (Phi) is 7.83. The summed E-state index contributed by atoms with van der Waals surface area (Å²) in [5.41, 5.74) is 2.77. The maximum absolute atomic E-state index is 12.1. The van der Waals surface area contributed by atoms with E-state index >= 15 is 0 Å². The second-order valence-corrected chi connectivity index (χ2v) is 11.1. The van der Waals surface area contributed by atoms with Crippen LogP contribution in [0.1, 0.15) is 52.0 Å². The van der Waals surface area contributed by atoms with Crippen molar-refractivity contribution >= 4 is 35.1 Å². The summed E-state index contributed by atoms with van der Waals surface area (Å²) in [6.45, 7) is 6.12. The number of hydrogen-bond donors (Lipinski definition) is 3.